The average Bonchev–Trinajstić information content (AvgIpc) is 3.18. The molecule has 6 nitrogen and oxygen atoms in total. The lowest BCUT2D eigenvalue weighted by molar-refractivity contribution is 0.0616. The van der Waals surface area contributed by atoms with Crippen LogP contribution in [-0.2, 0) is 13.6 Å². The fourth-order valence-electron chi connectivity index (χ4n) is 3.39. The number of carbonyl (C=O) groups is 1. The monoisotopic (exact) mass is 337 g/mol. The molecule has 0 radical (unpaired) electrons. The number of nitrogens with one attached hydrogen (secondary N) is 1. The van der Waals surface area contributed by atoms with Crippen LogP contribution in [0.2, 0.25) is 0 Å². The van der Waals surface area contributed by atoms with Gasteiger partial charge in [0, 0.05) is 38.9 Å². The largest absolute Gasteiger partial charge is 0.344 e. The molecule has 1 aromatic carbocycles. The van der Waals surface area contributed by atoms with Crippen molar-refractivity contribution in [2.75, 3.05) is 26.2 Å². The minimum atomic E-state index is 0.124. The van der Waals surface area contributed by atoms with Crippen molar-refractivity contribution >= 4 is 16.9 Å². The minimum absolute atomic E-state index is 0.124. The summed E-state index contributed by atoms with van der Waals surface area (Å²) in [6.07, 6.45) is 0. The predicted octanol–water partition coefficient (Wildman–Crippen LogP) is 2.17. The van der Waals surface area contributed by atoms with Gasteiger partial charge in [0.1, 0.15) is 11.5 Å². The van der Waals surface area contributed by atoms with Gasteiger partial charge in [-0.25, -0.2) is 4.98 Å². The van der Waals surface area contributed by atoms with E-state index in [0.29, 0.717) is 0 Å². The first kappa shape index (κ1) is 15.9. The maximum atomic E-state index is 12.7. The summed E-state index contributed by atoms with van der Waals surface area (Å²) in [5.74, 6) is 1.11. The van der Waals surface area contributed by atoms with Gasteiger partial charge in [-0.3, -0.25) is 9.69 Å². The summed E-state index contributed by atoms with van der Waals surface area (Å²) in [6, 6.07) is 12.0. The van der Waals surface area contributed by atoms with Crippen molar-refractivity contribution < 1.29 is 4.79 Å². The quantitative estimate of drug-likeness (QED) is 0.797. The van der Waals surface area contributed by atoms with Crippen molar-refractivity contribution in [2.45, 2.75) is 13.5 Å². The number of aryl methyl sites for hydroxylation is 1. The van der Waals surface area contributed by atoms with Gasteiger partial charge in [-0.2, -0.15) is 0 Å². The molecule has 1 aliphatic rings. The summed E-state index contributed by atoms with van der Waals surface area (Å²) in [6.45, 7) is 6.05. The van der Waals surface area contributed by atoms with Gasteiger partial charge in [0.05, 0.1) is 17.6 Å². The molecular formula is C19H23N5O. The third-order valence-corrected chi connectivity index (χ3v) is 5.06. The summed E-state index contributed by atoms with van der Waals surface area (Å²) < 4.78 is 1.96. The SMILES string of the molecule is Cc1ccc(C(=O)N2CCN(Cc3nc4ccccc4[nH]3)CC2)n1C. The summed E-state index contributed by atoms with van der Waals surface area (Å²) >= 11 is 0. The minimum Gasteiger partial charge on any atom is -0.344 e. The molecule has 0 unspecified atom stereocenters. The van der Waals surface area contributed by atoms with Crippen molar-refractivity contribution in [3.63, 3.8) is 0 Å². The molecule has 1 fully saturated rings. The van der Waals surface area contributed by atoms with E-state index in [0.717, 1.165) is 61.0 Å². The fraction of sp³-hybridized carbons (Fsp3) is 0.368. The zero-order valence-electron chi connectivity index (χ0n) is 14.7. The highest BCUT2D eigenvalue weighted by molar-refractivity contribution is 5.93. The molecule has 1 aliphatic heterocycles. The van der Waals surface area contributed by atoms with Crippen molar-refractivity contribution in [3.8, 4) is 0 Å². The van der Waals surface area contributed by atoms with Gasteiger partial charge >= 0.3 is 0 Å². The van der Waals surface area contributed by atoms with E-state index in [1.807, 2.05) is 59.8 Å². The van der Waals surface area contributed by atoms with Crippen molar-refractivity contribution in [2.24, 2.45) is 7.05 Å². The Hall–Kier alpha value is -2.60. The number of nitrogens with zero attached hydrogens (tertiary/aromatic N) is 4. The van der Waals surface area contributed by atoms with E-state index in [9.17, 15) is 4.79 Å². The zero-order valence-corrected chi connectivity index (χ0v) is 14.7. The number of piperazine rings is 1. The van der Waals surface area contributed by atoms with Gasteiger partial charge in [-0.15, -0.1) is 0 Å². The highest BCUT2D eigenvalue weighted by atomic mass is 16.2. The van der Waals surface area contributed by atoms with Crippen LogP contribution in [0.5, 0.6) is 0 Å². The molecule has 3 aromatic rings. The van der Waals surface area contributed by atoms with E-state index in [1.165, 1.54) is 0 Å². The van der Waals surface area contributed by atoms with Gasteiger partial charge in [0.15, 0.2) is 0 Å². The molecule has 0 bridgehead atoms. The van der Waals surface area contributed by atoms with Crippen LogP contribution in [0, 0.1) is 6.92 Å². The van der Waals surface area contributed by atoms with E-state index in [-0.39, 0.29) is 5.91 Å². The zero-order chi connectivity index (χ0) is 17.4. The predicted molar refractivity (Wildman–Crippen MR) is 97.4 cm³/mol. The van der Waals surface area contributed by atoms with E-state index in [4.69, 9.17) is 0 Å². The maximum absolute atomic E-state index is 12.7. The Morgan fingerprint density at radius 1 is 1.12 bits per heavy atom. The maximum Gasteiger partial charge on any atom is 0.270 e. The summed E-state index contributed by atoms with van der Waals surface area (Å²) in [5, 5.41) is 0. The van der Waals surface area contributed by atoms with E-state index in [2.05, 4.69) is 14.9 Å². The molecular weight excluding hydrogens is 314 g/mol. The van der Waals surface area contributed by atoms with Crippen LogP contribution in [-0.4, -0.2) is 56.4 Å². The number of benzene rings is 1. The first-order valence-corrected chi connectivity index (χ1v) is 8.69. The van der Waals surface area contributed by atoms with Crippen LogP contribution in [0.15, 0.2) is 36.4 Å². The molecule has 1 N–H and O–H groups in total. The molecule has 25 heavy (non-hydrogen) atoms. The molecule has 0 spiro atoms. The Balaban J connectivity index is 1.38. The number of aromatic amines is 1. The van der Waals surface area contributed by atoms with Gasteiger partial charge in [-0.05, 0) is 31.2 Å². The van der Waals surface area contributed by atoms with E-state index < -0.39 is 0 Å². The molecule has 3 heterocycles. The smallest absolute Gasteiger partial charge is 0.270 e. The Morgan fingerprint density at radius 2 is 1.88 bits per heavy atom. The third-order valence-electron chi connectivity index (χ3n) is 5.06. The number of hydrogen-bond acceptors (Lipinski definition) is 3. The van der Waals surface area contributed by atoms with Crippen molar-refractivity contribution in [1.82, 2.24) is 24.3 Å². The molecule has 0 aliphatic carbocycles. The van der Waals surface area contributed by atoms with Crippen LogP contribution in [0.25, 0.3) is 11.0 Å². The fourth-order valence-corrected chi connectivity index (χ4v) is 3.39. The molecule has 6 heteroatoms. The molecule has 2 aromatic heterocycles. The first-order chi connectivity index (χ1) is 12.1. The highest BCUT2D eigenvalue weighted by Gasteiger charge is 2.24. The number of carbonyl (C=O) groups excluding carboxylic acids is 1. The van der Waals surface area contributed by atoms with Crippen LogP contribution in [0.1, 0.15) is 22.0 Å². The van der Waals surface area contributed by atoms with Gasteiger partial charge in [-0.1, -0.05) is 12.1 Å². The molecule has 130 valence electrons. The summed E-state index contributed by atoms with van der Waals surface area (Å²) in [4.78, 5) is 25.0. The Labute approximate surface area is 147 Å². The number of fused-ring (bicyclic) bond motifs is 1. The van der Waals surface area contributed by atoms with Crippen LogP contribution in [0.4, 0.5) is 0 Å². The Bertz CT molecular complexity index is 869. The molecule has 1 amide bonds. The van der Waals surface area contributed by atoms with Crippen molar-refractivity contribution in [3.05, 3.63) is 53.6 Å². The van der Waals surface area contributed by atoms with Crippen LogP contribution < -0.4 is 0 Å². The average molecular weight is 337 g/mol. The number of amides is 1. The number of aromatic nitrogens is 3. The van der Waals surface area contributed by atoms with Crippen LogP contribution in [0.3, 0.4) is 0 Å². The molecule has 1 saturated heterocycles. The standard InChI is InChI=1S/C19H23N5O/c1-14-7-8-17(22(14)2)19(25)24-11-9-23(10-12-24)13-18-20-15-5-3-4-6-16(15)21-18/h3-8H,9-13H2,1-2H3,(H,20,21). The Kier molecular flexibility index (Phi) is 4.05. The third kappa shape index (κ3) is 3.05. The first-order valence-electron chi connectivity index (χ1n) is 8.69. The van der Waals surface area contributed by atoms with Crippen LogP contribution >= 0.6 is 0 Å². The normalized spacial score (nSPS) is 15.8. The second kappa shape index (κ2) is 6.37. The second-order valence-electron chi connectivity index (χ2n) is 6.69. The van der Waals surface area contributed by atoms with E-state index in [1.54, 1.807) is 0 Å². The van der Waals surface area contributed by atoms with Gasteiger partial charge in [0.25, 0.3) is 5.91 Å². The number of H-pyrrole nitrogens is 1. The topological polar surface area (TPSA) is 57.2 Å². The van der Waals surface area contributed by atoms with Crippen molar-refractivity contribution in [1.29, 1.82) is 0 Å². The molecule has 0 atom stereocenters. The number of hydrogen-bond donors (Lipinski definition) is 1. The van der Waals surface area contributed by atoms with Gasteiger partial charge < -0.3 is 14.5 Å². The molecule has 0 saturated carbocycles. The lowest BCUT2D eigenvalue weighted by atomic mass is 10.2. The van der Waals surface area contributed by atoms with E-state index >= 15 is 0 Å². The lowest BCUT2D eigenvalue weighted by Crippen LogP contribution is -2.48. The Morgan fingerprint density at radius 3 is 2.56 bits per heavy atom. The summed E-state index contributed by atoms with van der Waals surface area (Å²) in [7, 11) is 1.94. The second-order valence-corrected chi connectivity index (χ2v) is 6.69. The number of para-hydroxylation sites is 2. The number of rotatable bonds is 3. The van der Waals surface area contributed by atoms with Gasteiger partial charge in [0.2, 0.25) is 0 Å². The molecule has 4 rings (SSSR count). The highest BCUT2D eigenvalue weighted by Crippen LogP contribution is 2.15. The summed E-state index contributed by atoms with van der Waals surface area (Å²) in [5.41, 5.74) is 3.95. The lowest BCUT2D eigenvalue weighted by Gasteiger charge is -2.34. The number of imidazole rings is 1.